The highest BCUT2D eigenvalue weighted by molar-refractivity contribution is 5.84. The average molecular weight is 213 g/mol. The Hall–Kier alpha value is -1.26. The summed E-state index contributed by atoms with van der Waals surface area (Å²) in [6.45, 7) is 5.54. The Labute approximate surface area is 90.2 Å². The Morgan fingerprint density at radius 3 is 2.67 bits per heavy atom. The van der Waals surface area contributed by atoms with Crippen molar-refractivity contribution in [3.8, 4) is 0 Å². The van der Waals surface area contributed by atoms with E-state index in [9.17, 15) is 9.59 Å². The molecule has 1 aliphatic heterocycles. The summed E-state index contributed by atoms with van der Waals surface area (Å²) in [4.78, 5) is 24.8. The van der Waals surface area contributed by atoms with Gasteiger partial charge in [0.2, 0.25) is 5.91 Å². The van der Waals surface area contributed by atoms with Crippen LogP contribution in [0.4, 0.5) is 4.79 Å². The van der Waals surface area contributed by atoms with Gasteiger partial charge in [0.1, 0.15) is 0 Å². The second-order valence-corrected chi connectivity index (χ2v) is 4.15. The summed E-state index contributed by atoms with van der Waals surface area (Å²) >= 11 is 0. The third-order valence-electron chi connectivity index (χ3n) is 2.86. The topological polar surface area (TPSA) is 61.4 Å². The van der Waals surface area contributed by atoms with E-state index in [1.807, 2.05) is 13.8 Å². The lowest BCUT2D eigenvalue weighted by Gasteiger charge is -2.22. The predicted molar refractivity (Wildman–Crippen MR) is 57.4 cm³/mol. The van der Waals surface area contributed by atoms with Gasteiger partial charge in [-0.1, -0.05) is 0 Å². The number of hydrogen-bond donors (Lipinski definition) is 2. The van der Waals surface area contributed by atoms with Gasteiger partial charge in [0.25, 0.3) is 0 Å². The molecule has 1 atom stereocenters. The van der Waals surface area contributed by atoms with E-state index in [-0.39, 0.29) is 11.9 Å². The maximum atomic E-state index is 11.6. The standard InChI is InChI=1S/C10H19N3O2/c1-4-12-9(15)13-6-5-10(2,7-13)8(14)11-3/h4-7H2,1-3H3,(H,11,14)(H,12,15). The summed E-state index contributed by atoms with van der Waals surface area (Å²) in [7, 11) is 1.63. The fourth-order valence-corrected chi connectivity index (χ4v) is 1.88. The third-order valence-corrected chi connectivity index (χ3v) is 2.86. The lowest BCUT2D eigenvalue weighted by atomic mass is 9.89. The van der Waals surface area contributed by atoms with Gasteiger partial charge in [0.15, 0.2) is 0 Å². The molecule has 5 nitrogen and oxygen atoms in total. The van der Waals surface area contributed by atoms with Crippen molar-refractivity contribution in [2.45, 2.75) is 20.3 Å². The molecule has 2 N–H and O–H groups in total. The monoisotopic (exact) mass is 213 g/mol. The minimum atomic E-state index is -0.431. The van der Waals surface area contributed by atoms with Crippen LogP contribution in [0.25, 0.3) is 0 Å². The third kappa shape index (κ3) is 2.40. The highest BCUT2D eigenvalue weighted by Gasteiger charge is 2.41. The normalized spacial score (nSPS) is 25.1. The fourth-order valence-electron chi connectivity index (χ4n) is 1.88. The second kappa shape index (κ2) is 4.51. The number of hydrogen-bond acceptors (Lipinski definition) is 2. The molecule has 0 saturated carbocycles. The van der Waals surface area contributed by atoms with Gasteiger partial charge in [0.05, 0.1) is 5.41 Å². The van der Waals surface area contributed by atoms with Crippen molar-refractivity contribution in [3.63, 3.8) is 0 Å². The van der Waals surface area contributed by atoms with Crippen LogP contribution < -0.4 is 10.6 Å². The Morgan fingerprint density at radius 1 is 1.47 bits per heavy atom. The summed E-state index contributed by atoms with van der Waals surface area (Å²) in [6, 6.07) is -0.0786. The molecule has 5 heteroatoms. The number of nitrogens with zero attached hydrogens (tertiary/aromatic N) is 1. The van der Waals surface area contributed by atoms with Crippen molar-refractivity contribution < 1.29 is 9.59 Å². The van der Waals surface area contributed by atoms with Crippen LogP contribution in [0, 0.1) is 5.41 Å². The van der Waals surface area contributed by atoms with Gasteiger partial charge in [-0.15, -0.1) is 0 Å². The largest absolute Gasteiger partial charge is 0.359 e. The maximum absolute atomic E-state index is 11.6. The van der Waals surface area contributed by atoms with Gasteiger partial charge >= 0.3 is 6.03 Å². The Kier molecular flexibility index (Phi) is 3.55. The van der Waals surface area contributed by atoms with Crippen molar-refractivity contribution >= 4 is 11.9 Å². The molecule has 0 radical (unpaired) electrons. The average Bonchev–Trinajstić information content (AvgIpc) is 2.61. The van der Waals surface area contributed by atoms with Crippen LogP contribution in [0.2, 0.25) is 0 Å². The van der Waals surface area contributed by atoms with E-state index in [0.717, 1.165) is 6.42 Å². The number of amides is 3. The molecule has 1 heterocycles. The van der Waals surface area contributed by atoms with Gasteiger partial charge in [-0.05, 0) is 20.3 Å². The zero-order valence-corrected chi connectivity index (χ0v) is 9.59. The van der Waals surface area contributed by atoms with E-state index < -0.39 is 5.41 Å². The quantitative estimate of drug-likeness (QED) is 0.687. The van der Waals surface area contributed by atoms with Crippen LogP contribution in [0.3, 0.4) is 0 Å². The fraction of sp³-hybridized carbons (Fsp3) is 0.800. The van der Waals surface area contributed by atoms with Crippen molar-refractivity contribution in [1.29, 1.82) is 0 Å². The molecular weight excluding hydrogens is 194 g/mol. The molecular formula is C10H19N3O2. The number of urea groups is 1. The van der Waals surface area contributed by atoms with Gasteiger partial charge < -0.3 is 15.5 Å². The van der Waals surface area contributed by atoms with Crippen molar-refractivity contribution in [1.82, 2.24) is 15.5 Å². The summed E-state index contributed by atoms with van der Waals surface area (Å²) in [6.07, 6.45) is 0.726. The zero-order valence-electron chi connectivity index (χ0n) is 9.59. The van der Waals surface area contributed by atoms with Crippen LogP contribution in [0.1, 0.15) is 20.3 Å². The Morgan fingerprint density at radius 2 is 2.13 bits per heavy atom. The maximum Gasteiger partial charge on any atom is 0.317 e. The SMILES string of the molecule is CCNC(=O)N1CCC(C)(C(=O)NC)C1. The van der Waals surface area contributed by atoms with E-state index >= 15 is 0 Å². The lowest BCUT2D eigenvalue weighted by Crippen LogP contribution is -2.43. The van der Waals surface area contributed by atoms with Gasteiger partial charge in [-0.3, -0.25) is 4.79 Å². The molecule has 3 amide bonds. The molecule has 1 rings (SSSR count). The molecule has 86 valence electrons. The molecule has 1 aliphatic rings. The minimum absolute atomic E-state index is 0.00861. The molecule has 1 fully saturated rings. The predicted octanol–water partition coefficient (Wildman–Crippen LogP) is 0.174. The van der Waals surface area contributed by atoms with Crippen LogP contribution in [-0.4, -0.2) is 43.5 Å². The van der Waals surface area contributed by atoms with Crippen LogP contribution in [-0.2, 0) is 4.79 Å². The van der Waals surface area contributed by atoms with E-state index in [0.29, 0.717) is 19.6 Å². The number of rotatable bonds is 2. The minimum Gasteiger partial charge on any atom is -0.359 e. The van der Waals surface area contributed by atoms with Crippen molar-refractivity contribution in [2.24, 2.45) is 5.41 Å². The van der Waals surface area contributed by atoms with E-state index in [4.69, 9.17) is 0 Å². The molecule has 0 aromatic rings. The molecule has 0 spiro atoms. The smallest absolute Gasteiger partial charge is 0.317 e. The first kappa shape index (κ1) is 11.8. The summed E-state index contributed by atoms with van der Waals surface area (Å²) in [5.41, 5.74) is -0.431. The van der Waals surface area contributed by atoms with E-state index in [1.54, 1.807) is 11.9 Å². The zero-order chi connectivity index (χ0) is 11.5. The van der Waals surface area contributed by atoms with Crippen LogP contribution in [0.5, 0.6) is 0 Å². The highest BCUT2D eigenvalue weighted by atomic mass is 16.2. The molecule has 1 saturated heterocycles. The molecule has 1 unspecified atom stereocenters. The highest BCUT2D eigenvalue weighted by Crippen LogP contribution is 2.29. The molecule has 0 aliphatic carbocycles. The van der Waals surface area contributed by atoms with Crippen LogP contribution >= 0.6 is 0 Å². The lowest BCUT2D eigenvalue weighted by molar-refractivity contribution is -0.128. The molecule has 0 aromatic heterocycles. The molecule has 0 aromatic carbocycles. The molecule has 15 heavy (non-hydrogen) atoms. The number of likely N-dealkylation sites (tertiary alicyclic amines) is 1. The van der Waals surface area contributed by atoms with Crippen molar-refractivity contribution in [2.75, 3.05) is 26.7 Å². The number of carbonyl (C=O) groups is 2. The van der Waals surface area contributed by atoms with Crippen LogP contribution in [0.15, 0.2) is 0 Å². The van der Waals surface area contributed by atoms with Crippen molar-refractivity contribution in [3.05, 3.63) is 0 Å². The van der Waals surface area contributed by atoms with Gasteiger partial charge in [-0.25, -0.2) is 4.79 Å². The number of carbonyl (C=O) groups excluding carboxylic acids is 2. The number of nitrogens with one attached hydrogen (secondary N) is 2. The first-order valence-corrected chi connectivity index (χ1v) is 5.28. The van der Waals surface area contributed by atoms with E-state index in [1.165, 1.54) is 0 Å². The second-order valence-electron chi connectivity index (χ2n) is 4.15. The van der Waals surface area contributed by atoms with Gasteiger partial charge in [-0.2, -0.15) is 0 Å². The Bertz CT molecular complexity index is 267. The van der Waals surface area contributed by atoms with E-state index in [2.05, 4.69) is 10.6 Å². The molecule has 0 bridgehead atoms. The van der Waals surface area contributed by atoms with Gasteiger partial charge in [0, 0.05) is 26.7 Å². The summed E-state index contributed by atoms with van der Waals surface area (Å²) in [5, 5.41) is 5.38. The first-order chi connectivity index (χ1) is 7.03. The first-order valence-electron chi connectivity index (χ1n) is 5.28. The summed E-state index contributed by atoms with van der Waals surface area (Å²) < 4.78 is 0. The summed E-state index contributed by atoms with van der Waals surface area (Å²) in [5.74, 6) is 0.00861. The Balaban J connectivity index is 2.58.